The fourth-order valence-electron chi connectivity index (χ4n) is 2.22. The molecule has 1 saturated heterocycles. The summed E-state index contributed by atoms with van der Waals surface area (Å²) in [4.78, 5) is 22.3. The molecular formula is C12H14N4O2. The number of aromatic nitrogens is 3. The molecule has 0 radical (unpaired) electrons. The van der Waals surface area contributed by atoms with Crippen LogP contribution in [-0.4, -0.2) is 40.5 Å². The molecule has 1 fully saturated rings. The Labute approximate surface area is 104 Å². The van der Waals surface area contributed by atoms with Crippen LogP contribution in [0.2, 0.25) is 0 Å². The number of nitrogens with zero attached hydrogens (tertiary/aromatic N) is 2. The van der Waals surface area contributed by atoms with E-state index in [1.54, 1.807) is 6.20 Å². The van der Waals surface area contributed by atoms with Crippen LogP contribution in [0.25, 0.3) is 11.0 Å². The molecule has 2 N–H and O–H groups in total. The monoisotopic (exact) mass is 246 g/mol. The van der Waals surface area contributed by atoms with Gasteiger partial charge >= 0.3 is 0 Å². The highest BCUT2D eigenvalue weighted by atomic mass is 16.5. The van der Waals surface area contributed by atoms with Crippen LogP contribution < -0.4 is 5.32 Å². The first kappa shape index (κ1) is 11.2. The SMILES string of the molecule is O=Cc1c[nH]c2ncnc(NC3CCOCC3)c12. The van der Waals surface area contributed by atoms with Crippen molar-refractivity contribution in [3.05, 3.63) is 18.1 Å². The maximum absolute atomic E-state index is 11.0. The molecule has 0 spiro atoms. The predicted molar refractivity (Wildman–Crippen MR) is 66.7 cm³/mol. The number of aldehydes is 1. The number of ether oxygens (including phenoxy) is 1. The van der Waals surface area contributed by atoms with Crippen molar-refractivity contribution >= 4 is 23.1 Å². The van der Waals surface area contributed by atoms with E-state index < -0.39 is 0 Å². The molecule has 6 nitrogen and oxygen atoms in total. The number of hydrogen-bond donors (Lipinski definition) is 2. The summed E-state index contributed by atoms with van der Waals surface area (Å²) >= 11 is 0. The van der Waals surface area contributed by atoms with Crippen LogP contribution >= 0.6 is 0 Å². The van der Waals surface area contributed by atoms with Crippen molar-refractivity contribution in [3.8, 4) is 0 Å². The Morgan fingerprint density at radius 2 is 2.22 bits per heavy atom. The number of carbonyl (C=O) groups is 1. The number of anilines is 1. The average Bonchev–Trinajstić information content (AvgIpc) is 2.84. The van der Waals surface area contributed by atoms with Gasteiger partial charge in [0.1, 0.15) is 17.8 Å². The Bertz CT molecular complexity index is 560. The zero-order chi connectivity index (χ0) is 12.4. The molecule has 1 aliphatic rings. The average molecular weight is 246 g/mol. The number of rotatable bonds is 3. The molecule has 18 heavy (non-hydrogen) atoms. The number of nitrogens with one attached hydrogen (secondary N) is 2. The maximum Gasteiger partial charge on any atom is 0.152 e. The number of hydrogen-bond acceptors (Lipinski definition) is 5. The van der Waals surface area contributed by atoms with E-state index in [-0.39, 0.29) is 0 Å². The van der Waals surface area contributed by atoms with Crippen molar-refractivity contribution in [2.75, 3.05) is 18.5 Å². The molecular weight excluding hydrogens is 232 g/mol. The van der Waals surface area contributed by atoms with E-state index in [2.05, 4.69) is 20.3 Å². The third kappa shape index (κ3) is 1.95. The lowest BCUT2D eigenvalue weighted by Gasteiger charge is -2.23. The predicted octanol–water partition coefficient (Wildman–Crippen LogP) is 1.36. The molecule has 0 aromatic carbocycles. The van der Waals surface area contributed by atoms with Gasteiger partial charge in [0.05, 0.1) is 5.39 Å². The van der Waals surface area contributed by atoms with E-state index >= 15 is 0 Å². The lowest BCUT2D eigenvalue weighted by Crippen LogP contribution is -2.28. The molecule has 94 valence electrons. The Morgan fingerprint density at radius 3 is 3.00 bits per heavy atom. The van der Waals surface area contributed by atoms with E-state index in [0.29, 0.717) is 17.3 Å². The summed E-state index contributed by atoms with van der Waals surface area (Å²) in [7, 11) is 0. The first-order valence-corrected chi connectivity index (χ1v) is 6.00. The van der Waals surface area contributed by atoms with Gasteiger partial charge in [-0.15, -0.1) is 0 Å². The van der Waals surface area contributed by atoms with Crippen molar-refractivity contribution in [1.82, 2.24) is 15.0 Å². The van der Waals surface area contributed by atoms with E-state index in [1.807, 2.05) is 0 Å². The minimum atomic E-state index is 0.339. The number of carbonyl (C=O) groups excluding carboxylic acids is 1. The van der Waals surface area contributed by atoms with Crippen LogP contribution in [0.3, 0.4) is 0 Å². The van der Waals surface area contributed by atoms with Crippen LogP contribution in [0.5, 0.6) is 0 Å². The summed E-state index contributed by atoms with van der Waals surface area (Å²) in [5.74, 6) is 0.718. The van der Waals surface area contributed by atoms with E-state index in [9.17, 15) is 4.79 Å². The van der Waals surface area contributed by atoms with Crippen molar-refractivity contribution in [1.29, 1.82) is 0 Å². The summed E-state index contributed by atoms with van der Waals surface area (Å²) in [5, 5.41) is 4.14. The topological polar surface area (TPSA) is 79.9 Å². The Balaban J connectivity index is 1.94. The van der Waals surface area contributed by atoms with Gasteiger partial charge in [-0.05, 0) is 12.8 Å². The largest absolute Gasteiger partial charge is 0.381 e. The van der Waals surface area contributed by atoms with Crippen molar-refractivity contribution in [3.63, 3.8) is 0 Å². The quantitative estimate of drug-likeness (QED) is 0.799. The zero-order valence-corrected chi connectivity index (χ0v) is 9.85. The van der Waals surface area contributed by atoms with Crippen LogP contribution in [-0.2, 0) is 4.74 Å². The first-order valence-electron chi connectivity index (χ1n) is 6.00. The summed E-state index contributed by atoms with van der Waals surface area (Å²) in [6.07, 6.45) is 5.87. The molecule has 0 bridgehead atoms. The minimum Gasteiger partial charge on any atom is -0.381 e. The van der Waals surface area contributed by atoms with E-state index in [1.165, 1.54) is 6.33 Å². The highest BCUT2D eigenvalue weighted by molar-refractivity contribution is 6.01. The van der Waals surface area contributed by atoms with Gasteiger partial charge in [0, 0.05) is 31.0 Å². The van der Waals surface area contributed by atoms with Gasteiger partial charge in [0.25, 0.3) is 0 Å². The summed E-state index contributed by atoms with van der Waals surface area (Å²) in [6, 6.07) is 0.339. The molecule has 6 heteroatoms. The van der Waals surface area contributed by atoms with E-state index in [0.717, 1.165) is 43.5 Å². The van der Waals surface area contributed by atoms with Crippen LogP contribution in [0.4, 0.5) is 5.82 Å². The molecule has 2 aromatic rings. The minimum absolute atomic E-state index is 0.339. The molecule has 2 aromatic heterocycles. The molecule has 0 saturated carbocycles. The third-order valence-electron chi connectivity index (χ3n) is 3.19. The Morgan fingerprint density at radius 1 is 1.39 bits per heavy atom. The van der Waals surface area contributed by atoms with Gasteiger partial charge in [0.15, 0.2) is 6.29 Å². The summed E-state index contributed by atoms with van der Waals surface area (Å²) < 4.78 is 5.32. The fraction of sp³-hybridized carbons (Fsp3) is 0.417. The molecule has 0 aliphatic carbocycles. The van der Waals surface area contributed by atoms with Gasteiger partial charge in [-0.3, -0.25) is 4.79 Å². The lowest BCUT2D eigenvalue weighted by molar-refractivity contribution is 0.0904. The van der Waals surface area contributed by atoms with Crippen molar-refractivity contribution in [2.45, 2.75) is 18.9 Å². The Kier molecular flexibility index (Phi) is 2.93. The third-order valence-corrected chi connectivity index (χ3v) is 3.19. The summed E-state index contributed by atoms with van der Waals surface area (Å²) in [6.45, 7) is 1.53. The first-order chi connectivity index (χ1) is 8.88. The maximum atomic E-state index is 11.0. The zero-order valence-electron chi connectivity index (χ0n) is 9.85. The van der Waals surface area contributed by atoms with Gasteiger partial charge in [-0.1, -0.05) is 0 Å². The van der Waals surface area contributed by atoms with Gasteiger partial charge < -0.3 is 15.0 Å². The second-order valence-electron chi connectivity index (χ2n) is 4.34. The normalized spacial score (nSPS) is 16.9. The molecule has 3 heterocycles. The van der Waals surface area contributed by atoms with Crippen molar-refractivity contribution < 1.29 is 9.53 Å². The fourth-order valence-corrected chi connectivity index (χ4v) is 2.22. The molecule has 3 rings (SSSR count). The second-order valence-corrected chi connectivity index (χ2v) is 4.34. The smallest absolute Gasteiger partial charge is 0.152 e. The molecule has 0 unspecified atom stereocenters. The van der Waals surface area contributed by atoms with Crippen molar-refractivity contribution in [2.24, 2.45) is 0 Å². The van der Waals surface area contributed by atoms with Crippen LogP contribution in [0.15, 0.2) is 12.5 Å². The van der Waals surface area contributed by atoms with Crippen LogP contribution in [0, 0.1) is 0 Å². The number of aromatic amines is 1. The molecule has 0 amide bonds. The van der Waals surface area contributed by atoms with Gasteiger partial charge in [-0.2, -0.15) is 0 Å². The standard InChI is InChI=1S/C12H14N4O2/c17-6-8-5-13-11-10(8)12(15-7-14-11)16-9-1-3-18-4-2-9/h5-7,9H,1-4H2,(H2,13,14,15,16). The second kappa shape index (κ2) is 4.73. The Hall–Kier alpha value is -1.95. The number of H-pyrrole nitrogens is 1. The van der Waals surface area contributed by atoms with Gasteiger partial charge in [0.2, 0.25) is 0 Å². The lowest BCUT2D eigenvalue weighted by atomic mass is 10.1. The summed E-state index contributed by atoms with van der Waals surface area (Å²) in [5.41, 5.74) is 1.27. The van der Waals surface area contributed by atoms with Crippen LogP contribution in [0.1, 0.15) is 23.2 Å². The highest BCUT2D eigenvalue weighted by Crippen LogP contribution is 2.24. The molecule has 0 atom stereocenters. The van der Waals surface area contributed by atoms with E-state index in [4.69, 9.17) is 4.74 Å². The number of fused-ring (bicyclic) bond motifs is 1. The van der Waals surface area contributed by atoms with Gasteiger partial charge in [-0.25, -0.2) is 9.97 Å². The molecule has 1 aliphatic heterocycles. The highest BCUT2D eigenvalue weighted by Gasteiger charge is 2.17.